The zero-order chi connectivity index (χ0) is 34.5. The number of hydrogen-bond acceptors (Lipinski definition) is 8. The quantitative estimate of drug-likeness (QED) is 0.374. The van der Waals surface area contributed by atoms with E-state index in [-0.39, 0.29) is 5.60 Å². The summed E-state index contributed by atoms with van der Waals surface area (Å²) in [7, 11) is 0. The summed E-state index contributed by atoms with van der Waals surface area (Å²) in [5.41, 5.74) is 1.30. The Morgan fingerprint density at radius 2 is 1.40 bits per heavy atom. The molecule has 3 N–H and O–H groups in total. The zero-order valence-electron chi connectivity index (χ0n) is 22.8. The molecule has 20 heteroatoms. The first-order valence-electron chi connectivity index (χ1n) is 12.4. The third-order valence-corrected chi connectivity index (χ3v) is 5.79. The fourth-order valence-electron chi connectivity index (χ4n) is 3.85. The number of halogens is 9. The Morgan fingerprint density at radius 3 is 1.82 bits per heavy atom. The van der Waals surface area contributed by atoms with Gasteiger partial charge in [-0.3, -0.25) is 9.88 Å². The number of aromatic nitrogens is 2. The molecule has 0 aliphatic carbocycles. The number of aliphatic carboxylic acids is 3. The van der Waals surface area contributed by atoms with Gasteiger partial charge in [-0.1, -0.05) is 12.1 Å². The molecular formula is C25H26F9N3O8. The summed E-state index contributed by atoms with van der Waals surface area (Å²) in [6.07, 6.45) is -7.57. The first kappa shape index (κ1) is 38.8. The molecule has 0 saturated carbocycles. The van der Waals surface area contributed by atoms with Gasteiger partial charge >= 0.3 is 36.4 Å². The Kier molecular flexibility index (Phi) is 14.5. The normalized spacial score (nSPS) is 17.2. The van der Waals surface area contributed by atoms with Gasteiger partial charge in [-0.15, -0.1) is 0 Å². The molecule has 2 fully saturated rings. The first-order chi connectivity index (χ1) is 20.7. The van der Waals surface area contributed by atoms with Crippen LogP contribution in [0.2, 0.25) is 0 Å². The highest BCUT2D eigenvalue weighted by atomic mass is 19.4. The lowest BCUT2D eigenvalue weighted by Crippen LogP contribution is -2.64. The molecule has 1 unspecified atom stereocenters. The standard InChI is InChI=1S/C19H23N3O2.3C2HF3O2/c1-2-9-21-18(5-1)23-10-6-17-7-11-24-19(17)14-22(15-19)13-16-4-3-8-20-12-16;3*3-2(4,5)1(6)7/h1-5,8-9,12,17H,6-7,10-11,13-15H2;3*(H,6,7). The van der Waals surface area contributed by atoms with Crippen LogP contribution in [0.3, 0.4) is 0 Å². The summed E-state index contributed by atoms with van der Waals surface area (Å²) in [6.45, 7) is 4.55. The van der Waals surface area contributed by atoms with E-state index in [0.29, 0.717) is 18.4 Å². The fourth-order valence-corrected chi connectivity index (χ4v) is 3.85. The van der Waals surface area contributed by atoms with Crippen LogP contribution in [0.5, 0.6) is 5.88 Å². The topological polar surface area (TPSA) is 159 Å². The van der Waals surface area contributed by atoms with Gasteiger partial charge in [0.25, 0.3) is 0 Å². The van der Waals surface area contributed by atoms with Gasteiger partial charge in [0.05, 0.1) is 12.2 Å². The average molecular weight is 667 g/mol. The van der Waals surface area contributed by atoms with E-state index in [4.69, 9.17) is 39.2 Å². The number of pyridine rings is 2. The van der Waals surface area contributed by atoms with Gasteiger partial charge in [0, 0.05) is 50.9 Å². The molecule has 1 spiro atoms. The molecule has 4 rings (SSSR count). The van der Waals surface area contributed by atoms with E-state index in [9.17, 15) is 39.5 Å². The molecule has 0 amide bonds. The van der Waals surface area contributed by atoms with Gasteiger partial charge in [-0.2, -0.15) is 39.5 Å². The second kappa shape index (κ2) is 16.8. The van der Waals surface area contributed by atoms with Gasteiger partial charge in [-0.25, -0.2) is 19.4 Å². The molecule has 1 atom stereocenters. The van der Waals surface area contributed by atoms with Gasteiger partial charge in [0.2, 0.25) is 5.88 Å². The van der Waals surface area contributed by atoms with Gasteiger partial charge in [-0.05, 0) is 36.5 Å². The molecule has 4 heterocycles. The van der Waals surface area contributed by atoms with Crippen molar-refractivity contribution in [1.82, 2.24) is 14.9 Å². The zero-order valence-corrected chi connectivity index (χ0v) is 22.8. The molecule has 11 nitrogen and oxygen atoms in total. The van der Waals surface area contributed by atoms with Crippen LogP contribution < -0.4 is 4.74 Å². The average Bonchev–Trinajstić information content (AvgIpc) is 3.33. The molecule has 252 valence electrons. The van der Waals surface area contributed by atoms with E-state index in [1.807, 2.05) is 36.7 Å². The van der Waals surface area contributed by atoms with Crippen LogP contribution >= 0.6 is 0 Å². The lowest BCUT2D eigenvalue weighted by Gasteiger charge is -2.50. The highest BCUT2D eigenvalue weighted by Gasteiger charge is 2.52. The summed E-state index contributed by atoms with van der Waals surface area (Å²) in [4.78, 5) is 37.5. The van der Waals surface area contributed by atoms with Crippen molar-refractivity contribution < 1.29 is 78.7 Å². The maximum Gasteiger partial charge on any atom is 0.490 e. The molecule has 2 aliphatic heterocycles. The van der Waals surface area contributed by atoms with Crippen LogP contribution in [0.4, 0.5) is 39.5 Å². The number of likely N-dealkylation sites (tertiary alicyclic amines) is 1. The molecule has 2 saturated heterocycles. The third kappa shape index (κ3) is 14.4. The van der Waals surface area contributed by atoms with Gasteiger partial charge < -0.3 is 24.8 Å². The Bertz CT molecular complexity index is 1150. The number of alkyl halides is 9. The van der Waals surface area contributed by atoms with Crippen molar-refractivity contribution in [2.24, 2.45) is 5.92 Å². The maximum absolute atomic E-state index is 10.6. The number of hydrogen-bond donors (Lipinski definition) is 3. The Labute approximate surface area is 248 Å². The molecule has 45 heavy (non-hydrogen) atoms. The van der Waals surface area contributed by atoms with Crippen molar-refractivity contribution in [3.05, 3.63) is 54.5 Å². The highest BCUT2D eigenvalue weighted by Crippen LogP contribution is 2.42. The monoisotopic (exact) mass is 667 g/mol. The Morgan fingerprint density at radius 1 is 0.867 bits per heavy atom. The minimum atomic E-state index is -5.08. The second-order valence-corrected chi connectivity index (χ2v) is 9.12. The number of carboxylic acid groups (broad SMARTS) is 3. The number of ether oxygens (including phenoxy) is 2. The minimum absolute atomic E-state index is 0.0374. The molecule has 0 radical (unpaired) electrons. The largest absolute Gasteiger partial charge is 0.490 e. The van der Waals surface area contributed by atoms with E-state index < -0.39 is 36.4 Å². The Hall–Kier alpha value is -4.20. The SMILES string of the molecule is O=C(O)C(F)(F)F.O=C(O)C(F)(F)F.O=C(O)C(F)(F)F.c1ccc(OCCC2CCOC23CN(Cc2cccnc2)C3)nc1. The molecule has 0 bridgehead atoms. The van der Waals surface area contributed by atoms with Crippen LogP contribution in [-0.4, -0.2) is 98.5 Å². The number of carbonyl (C=O) groups is 3. The van der Waals surface area contributed by atoms with Crippen molar-refractivity contribution in [2.45, 2.75) is 43.5 Å². The van der Waals surface area contributed by atoms with E-state index in [1.54, 1.807) is 6.20 Å². The van der Waals surface area contributed by atoms with Crippen molar-refractivity contribution in [3.63, 3.8) is 0 Å². The summed E-state index contributed by atoms with van der Waals surface area (Å²) < 4.78 is 107. The summed E-state index contributed by atoms with van der Waals surface area (Å²) >= 11 is 0. The summed E-state index contributed by atoms with van der Waals surface area (Å²) in [6, 6.07) is 9.88. The Balaban J connectivity index is 0.000000396. The third-order valence-electron chi connectivity index (χ3n) is 5.79. The molecule has 2 aromatic rings. The van der Waals surface area contributed by atoms with Crippen molar-refractivity contribution in [3.8, 4) is 5.88 Å². The van der Waals surface area contributed by atoms with E-state index in [1.165, 1.54) is 5.56 Å². The predicted octanol–water partition coefficient (Wildman–Crippen LogP) is 4.44. The molecule has 2 aromatic heterocycles. The first-order valence-corrected chi connectivity index (χ1v) is 12.4. The summed E-state index contributed by atoms with van der Waals surface area (Å²) in [5, 5.41) is 21.4. The number of carboxylic acids is 3. The lowest BCUT2D eigenvalue weighted by molar-refractivity contribution is -0.193. The predicted molar refractivity (Wildman–Crippen MR) is 132 cm³/mol. The van der Waals surface area contributed by atoms with Gasteiger partial charge in [0.15, 0.2) is 0 Å². The maximum atomic E-state index is 10.6. The van der Waals surface area contributed by atoms with Gasteiger partial charge in [0.1, 0.15) is 0 Å². The van der Waals surface area contributed by atoms with Crippen molar-refractivity contribution >= 4 is 17.9 Å². The van der Waals surface area contributed by atoms with Crippen molar-refractivity contribution in [2.75, 3.05) is 26.3 Å². The number of nitrogens with zero attached hydrogens (tertiary/aromatic N) is 3. The lowest BCUT2D eigenvalue weighted by atomic mass is 9.79. The molecular weight excluding hydrogens is 641 g/mol. The second-order valence-electron chi connectivity index (χ2n) is 9.12. The van der Waals surface area contributed by atoms with Crippen LogP contribution in [0.15, 0.2) is 48.9 Å². The highest BCUT2D eigenvalue weighted by molar-refractivity contribution is 5.73. The van der Waals surface area contributed by atoms with E-state index in [0.717, 1.165) is 39.1 Å². The van der Waals surface area contributed by atoms with E-state index in [2.05, 4.69) is 20.9 Å². The van der Waals surface area contributed by atoms with Crippen LogP contribution in [0.1, 0.15) is 18.4 Å². The summed E-state index contributed by atoms with van der Waals surface area (Å²) in [5.74, 6) is -6.99. The van der Waals surface area contributed by atoms with Crippen LogP contribution in [0.25, 0.3) is 0 Å². The molecule has 0 aromatic carbocycles. The minimum Gasteiger partial charge on any atom is -0.478 e. The smallest absolute Gasteiger partial charge is 0.478 e. The van der Waals surface area contributed by atoms with E-state index >= 15 is 0 Å². The number of rotatable bonds is 6. The van der Waals surface area contributed by atoms with Crippen LogP contribution in [0, 0.1) is 5.92 Å². The molecule has 2 aliphatic rings. The van der Waals surface area contributed by atoms with Crippen molar-refractivity contribution in [1.29, 1.82) is 0 Å². The fraction of sp³-hybridized carbons (Fsp3) is 0.480. The van der Waals surface area contributed by atoms with Crippen LogP contribution in [-0.2, 0) is 25.7 Å².